The van der Waals surface area contributed by atoms with E-state index in [1.165, 1.54) is 5.56 Å². The van der Waals surface area contributed by atoms with Crippen molar-refractivity contribution in [3.8, 4) is 5.75 Å². The van der Waals surface area contributed by atoms with E-state index in [2.05, 4.69) is 66.5 Å². The van der Waals surface area contributed by atoms with Crippen molar-refractivity contribution in [2.75, 3.05) is 40.8 Å². The summed E-state index contributed by atoms with van der Waals surface area (Å²) in [4.78, 5) is 6.56. The predicted octanol–water partition coefficient (Wildman–Crippen LogP) is 2.05. The van der Waals surface area contributed by atoms with Crippen LogP contribution in [0.2, 0.25) is 0 Å². The van der Waals surface area contributed by atoms with Crippen LogP contribution >= 0.6 is 0 Å². The van der Waals surface area contributed by atoms with Gasteiger partial charge in [-0.05, 0) is 51.4 Å². The fraction of sp³-hybridized carbons (Fsp3) is 0.611. The number of aliphatic imine (C=N–C) groups is 1. The van der Waals surface area contributed by atoms with Crippen molar-refractivity contribution >= 4 is 5.96 Å². The number of nitrogens with zero attached hydrogens (tertiary/aromatic N) is 2. The number of benzene rings is 1. The Bertz CT molecular complexity index is 500. The highest BCUT2D eigenvalue weighted by Gasteiger charge is 2.04. The van der Waals surface area contributed by atoms with Gasteiger partial charge in [-0.25, -0.2) is 0 Å². The largest absolute Gasteiger partial charge is 0.496 e. The number of aryl methyl sites for hydroxylation is 1. The lowest BCUT2D eigenvalue weighted by molar-refractivity contribution is 0.278. The number of nitrogens with one attached hydrogen (secondary N) is 2. The molecule has 0 heterocycles. The Morgan fingerprint density at radius 3 is 2.57 bits per heavy atom. The Balaban J connectivity index is 2.35. The van der Waals surface area contributed by atoms with Gasteiger partial charge < -0.3 is 20.3 Å². The number of hydrogen-bond donors (Lipinski definition) is 2. The molecule has 0 aromatic heterocycles. The topological polar surface area (TPSA) is 48.9 Å². The van der Waals surface area contributed by atoms with Gasteiger partial charge in [-0.15, -0.1) is 0 Å². The molecule has 0 atom stereocenters. The van der Waals surface area contributed by atoms with Gasteiger partial charge in [-0.3, -0.25) is 4.99 Å². The van der Waals surface area contributed by atoms with E-state index >= 15 is 0 Å². The van der Waals surface area contributed by atoms with Crippen molar-refractivity contribution in [2.24, 2.45) is 4.99 Å². The number of ether oxygens (including phenoxy) is 1. The van der Waals surface area contributed by atoms with E-state index in [-0.39, 0.29) is 0 Å². The molecule has 1 aromatic carbocycles. The molecule has 2 N–H and O–H groups in total. The molecule has 5 nitrogen and oxygen atoms in total. The first-order chi connectivity index (χ1) is 11.0. The van der Waals surface area contributed by atoms with Crippen LogP contribution in [0.25, 0.3) is 0 Å². The first kappa shape index (κ1) is 19.3. The third-order valence-corrected chi connectivity index (χ3v) is 4.04. The van der Waals surface area contributed by atoms with E-state index in [0.29, 0.717) is 6.04 Å². The molecule has 0 bridgehead atoms. The van der Waals surface area contributed by atoms with Gasteiger partial charge in [0.2, 0.25) is 0 Å². The summed E-state index contributed by atoms with van der Waals surface area (Å²) < 4.78 is 5.37. The van der Waals surface area contributed by atoms with Crippen molar-refractivity contribution < 1.29 is 4.74 Å². The van der Waals surface area contributed by atoms with Crippen LogP contribution in [0.5, 0.6) is 5.75 Å². The molecule has 0 saturated carbocycles. The van der Waals surface area contributed by atoms with Crippen molar-refractivity contribution in [3.05, 3.63) is 29.3 Å². The molecule has 0 radical (unpaired) electrons. The zero-order valence-corrected chi connectivity index (χ0v) is 15.4. The summed E-state index contributed by atoms with van der Waals surface area (Å²) >= 11 is 0. The summed E-state index contributed by atoms with van der Waals surface area (Å²) in [7, 11) is 5.65. The quantitative estimate of drug-likeness (QED) is 0.568. The van der Waals surface area contributed by atoms with Crippen molar-refractivity contribution in [1.82, 2.24) is 15.5 Å². The molecule has 5 heteroatoms. The average molecular weight is 320 g/mol. The monoisotopic (exact) mass is 320 g/mol. The molecule has 0 spiro atoms. The summed E-state index contributed by atoms with van der Waals surface area (Å²) in [6.45, 7) is 9.17. The van der Waals surface area contributed by atoms with Gasteiger partial charge in [-0.1, -0.05) is 12.1 Å². The molecule has 1 rings (SSSR count). The first-order valence-corrected chi connectivity index (χ1v) is 8.26. The van der Waals surface area contributed by atoms with Crippen molar-refractivity contribution in [3.63, 3.8) is 0 Å². The van der Waals surface area contributed by atoms with Gasteiger partial charge in [-0.2, -0.15) is 0 Å². The molecule has 23 heavy (non-hydrogen) atoms. The highest BCUT2D eigenvalue weighted by Crippen LogP contribution is 2.18. The molecule has 130 valence electrons. The minimum absolute atomic E-state index is 0.559. The van der Waals surface area contributed by atoms with E-state index in [1.54, 1.807) is 14.2 Å². The smallest absolute Gasteiger partial charge is 0.191 e. The number of likely N-dealkylation sites (N-methyl/N-ethyl adjacent to an activating group) is 1. The maximum absolute atomic E-state index is 5.37. The second kappa shape index (κ2) is 10.1. The van der Waals surface area contributed by atoms with Gasteiger partial charge >= 0.3 is 0 Å². The number of methoxy groups -OCH3 is 1. The Morgan fingerprint density at radius 2 is 1.96 bits per heavy atom. The fourth-order valence-electron chi connectivity index (χ4n) is 2.17. The minimum atomic E-state index is 0.559. The number of hydrogen-bond acceptors (Lipinski definition) is 3. The van der Waals surface area contributed by atoms with Gasteiger partial charge in [0.25, 0.3) is 0 Å². The van der Waals surface area contributed by atoms with E-state index in [9.17, 15) is 0 Å². The highest BCUT2D eigenvalue weighted by molar-refractivity contribution is 5.79. The summed E-state index contributed by atoms with van der Waals surface area (Å²) in [5, 5.41) is 6.70. The molecule has 0 amide bonds. The zero-order chi connectivity index (χ0) is 17.2. The number of rotatable bonds is 8. The van der Waals surface area contributed by atoms with Crippen LogP contribution in [0.4, 0.5) is 0 Å². The second-order valence-corrected chi connectivity index (χ2v) is 6.05. The van der Waals surface area contributed by atoms with Gasteiger partial charge in [0.1, 0.15) is 5.75 Å². The SMILES string of the molecule is CN=C(NCCc1ccc(C)c(OC)c1)NCCN(C)C(C)C. The predicted molar refractivity (Wildman–Crippen MR) is 98.6 cm³/mol. The highest BCUT2D eigenvalue weighted by atomic mass is 16.5. The van der Waals surface area contributed by atoms with Crippen LogP contribution in [-0.2, 0) is 6.42 Å². The van der Waals surface area contributed by atoms with Crippen LogP contribution in [0.3, 0.4) is 0 Å². The van der Waals surface area contributed by atoms with E-state index < -0.39 is 0 Å². The standard InChI is InChI=1S/C18H32N4O/c1-14(2)22(5)12-11-21-18(19-4)20-10-9-16-8-7-15(3)17(13-16)23-6/h7-8,13-14H,9-12H2,1-6H3,(H2,19,20,21). The lowest BCUT2D eigenvalue weighted by Gasteiger charge is -2.21. The second-order valence-electron chi connectivity index (χ2n) is 6.05. The molecular formula is C18H32N4O. The Kier molecular flexibility index (Phi) is 8.48. The summed E-state index contributed by atoms with van der Waals surface area (Å²) in [5.41, 5.74) is 2.42. The maximum atomic E-state index is 5.37. The molecule has 0 aliphatic rings. The first-order valence-electron chi connectivity index (χ1n) is 8.26. The average Bonchev–Trinajstić information content (AvgIpc) is 2.54. The van der Waals surface area contributed by atoms with Crippen LogP contribution in [-0.4, -0.2) is 57.7 Å². The Morgan fingerprint density at radius 1 is 1.26 bits per heavy atom. The van der Waals surface area contributed by atoms with Crippen LogP contribution in [0, 0.1) is 6.92 Å². The van der Waals surface area contributed by atoms with Crippen LogP contribution in [0.15, 0.2) is 23.2 Å². The molecule has 0 unspecified atom stereocenters. The lowest BCUT2D eigenvalue weighted by atomic mass is 10.1. The van der Waals surface area contributed by atoms with Crippen LogP contribution in [0.1, 0.15) is 25.0 Å². The molecular weight excluding hydrogens is 288 g/mol. The molecule has 0 aliphatic heterocycles. The fourth-order valence-corrected chi connectivity index (χ4v) is 2.17. The minimum Gasteiger partial charge on any atom is -0.496 e. The van der Waals surface area contributed by atoms with E-state index in [1.807, 2.05) is 0 Å². The maximum Gasteiger partial charge on any atom is 0.191 e. The van der Waals surface area contributed by atoms with Gasteiger partial charge in [0.05, 0.1) is 7.11 Å². The normalized spacial score (nSPS) is 11.9. The van der Waals surface area contributed by atoms with E-state index in [0.717, 1.165) is 43.3 Å². The van der Waals surface area contributed by atoms with Crippen molar-refractivity contribution in [2.45, 2.75) is 33.2 Å². The third kappa shape index (κ3) is 6.91. The number of guanidine groups is 1. The van der Waals surface area contributed by atoms with Crippen molar-refractivity contribution in [1.29, 1.82) is 0 Å². The molecule has 0 saturated heterocycles. The van der Waals surface area contributed by atoms with Crippen LogP contribution < -0.4 is 15.4 Å². The Labute approximate surface area is 141 Å². The van der Waals surface area contributed by atoms with E-state index in [4.69, 9.17) is 4.74 Å². The molecule has 0 fully saturated rings. The molecule has 1 aromatic rings. The zero-order valence-electron chi connectivity index (χ0n) is 15.4. The van der Waals surface area contributed by atoms with Gasteiger partial charge in [0.15, 0.2) is 5.96 Å². The third-order valence-electron chi connectivity index (χ3n) is 4.04. The summed E-state index contributed by atoms with van der Waals surface area (Å²) in [5.74, 6) is 1.79. The summed E-state index contributed by atoms with van der Waals surface area (Å²) in [6.07, 6.45) is 0.934. The summed E-state index contributed by atoms with van der Waals surface area (Å²) in [6, 6.07) is 6.91. The lowest BCUT2D eigenvalue weighted by Crippen LogP contribution is -2.42. The molecule has 0 aliphatic carbocycles. The van der Waals surface area contributed by atoms with Gasteiger partial charge in [0, 0.05) is 32.7 Å². The Hall–Kier alpha value is -1.75.